The Kier molecular flexibility index (Phi) is 4.93. The third-order valence-electron chi connectivity index (χ3n) is 2.88. The Morgan fingerprint density at radius 1 is 1.24 bits per heavy atom. The lowest BCUT2D eigenvalue weighted by atomic mass is 10.2. The van der Waals surface area contributed by atoms with E-state index < -0.39 is 10.0 Å². The third-order valence-corrected chi connectivity index (χ3v) is 5.63. The van der Waals surface area contributed by atoms with Crippen LogP contribution in [-0.4, -0.2) is 13.5 Å². The quantitative estimate of drug-likeness (QED) is 0.836. The highest BCUT2D eigenvalue weighted by Gasteiger charge is 2.19. The lowest BCUT2D eigenvalue weighted by Gasteiger charge is -2.11. The van der Waals surface area contributed by atoms with Crippen molar-refractivity contribution in [3.05, 3.63) is 57.0 Å². The van der Waals surface area contributed by atoms with Gasteiger partial charge in [0.15, 0.2) is 0 Å². The van der Waals surface area contributed by atoms with Crippen LogP contribution in [0.15, 0.2) is 45.8 Å². The zero-order valence-electron chi connectivity index (χ0n) is 11.1. The highest BCUT2D eigenvalue weighted by Crippen LogP contribution is 2.26. The molecule has 0 saturated heterocycles. The highest BCUT2D eigenvalue weighted by molar-refractivity contribution is 9.10. The minimum absolute atomic E-state index is 0.0590. The third kappa shape index (κ3) is 3.77. The number of aliphatic hydroxyl groups is 1. The molecule has 2 rings (SSSR count). The predicted octanol–water partition coefficient (Wildman–Crippen LogP) is 3.70. The fourth-order valence-corrected chi connectivity index (χ4v) is 3.62. The Bertz CT molecular complexity index is 778. The predicted molar refractivity (Wildman–Crippen MR) is 87.1 cm³/mol. The molecule has 2 aromatic rings. The second-order valence-corrected chi connectivity index (χ2v) is 7.40. The molecular weight excluding hydrogens is 378 g/mol. The topological polar surface area (TPSA) is 66.4 Å². The average molecular weight is 391 g/mol. The van der Waals surface area contributed by atoms with Gasteiger partial charge in [0.1, 0.15) is 4.90 Å². The summed E-state index contributed by atoms with van der Waals surface area (Å²) in [4.78, 5) is -0.0590. The molecule has 7 heteroatoms. The van der Waals surface area contributed by atoms with E-state index in [9.17, 15) is 8.42 Å². The maximum atomic E-state index is 12.4. The van der Waals surface area contributed by atoms with Crippen LogP contribution in [0.1, 0.15) is 11.1 Å². The minimum atomic E-state index is -3.81. The molecular formula is C14H13BrClNO3S. The van der Waals surface area contributed by atoms with Gasteiger partial charge in [-0.15, -0.1) is 0 Å². The van der Waals surface area contributed by atoms with Gasteiger partial charge in [0.2, 0.25) is 0 Å². The molecule has 0 atom stereocenters. The number of aliphatic hydroxyl groups excluding tert-OH is 1. The summed E-state index contributed by atoms with van der Waals surface area (Å²) in [5, 5.41) is 9.22. The molecule has 0 bridgehead atoms. The summed E-state index contributed by atoms with van der Waals surface area (Å²) in [7, 11) is -3.81. The summed E-state index contributed by atoms with van der Waals surface area (Å²) < 4.78 is 28.2. The Balaban J connectivity index is 2.40. The van der Waals surface area contributed by atoms with Crippen molar-refractivity contribution in [1.82, 2.24) is 0 Å². The van der Waals surface area contributed by atoms with Gasteiger partial charge in [0.05, 0.1) is 11.6 Å². The Labute approximate surface area is 136 Å². The molecule has 2 N–H and O–H groups in total. The van der Waals surface area contributed by atoms with Crippen molar-refractivity contribution >= 4 is 43.2 Å². The average Bonchev–Trinajstić information content (AvgIpc) is 2.43. The van der Waals surface area contributed by atoms with E-state index in [1.165, 1.54) is 12.1 Å². The van der Waals surface area contributed by atoms with Crippen molar-refractivity contribution in [2.24, 2.45) is 0 Å². The van der Waals surface area contributed by atoms with Gasteiger partial charge in [-0.05, 0) is 48.4 Å². The van der Waals surface area contributed by atoms with Gasteiger partial charge < -0.3 is 5.11 Å². The van der Waals surface area contributed by atoms with E-state index in [-0.39, 0.29) is 16.5 Å². The molecule has 0 saturated carbocycles. The van der Waals surface area contributed by atoms with E-state index in [4.69, 9.17) is 16.7 Å². The van der Waals surface area contributed by atoms with Crippen molar-refractivity contribution < 1.29 is 13.5 Å². The molecule has 0 unspecified atom stereocenters. The van der Waals surface area contributed by atoms with Crippen LogP contribution in [0.25, 0.3) is 0 Å². The van der Waals surface area contributed by atoms with Crippen molar-refractivity contribution in [2.45, 2.75) is 18.4 Å². The summed E-state index contributed by atoms with van der Waals surface area (Å²) in [6.45, 7) is 1.61. The van der Waals surface area contributed by atoms with E-state index in [1.807, 2.05) is 6.92 Å². The van der Waals surface area contributed by atoms with Gasteiger partial charge in [-0.25, -0.2) is 8.42 Å². The molecule has 0 aliphatic carbocycles. The zero-order chi connectivity index (χ0) is 15.6. The first-order valence-electron chi connectivity index (χ1n) is 6.02. The van der Waals surface area contributed by atoms with E-state index in [0.29, 0.717) is 11.3 Å². The smallest absolute Gasteiger partial charge is 0.263 e. The minimum Gasteiger partial charge on any atom is -0.392 e. The summed E-state index contributed by atoms with van der Waals surface area (Å²) in [6.07, 6.45) is 0. The molecule has 112 valence electrons. The number of anilines is 1. The van der Waals surface area contributed by atoms with Crippen LogP contribution in [0.4, 0.5) is 5.69 Å². The van der Waals surface area contributed by atoms with Gasteiger partial charge >= 0.3 is 0 Å². The number of hydrogen-bond acceptors (Lipinski definition) is 3. The van der Waals surface area contributed by atoms with Crippen LogP contribution in [0.3, 0.4) is 0 Å². The Hall–Kier alpha value is -1.08. The number of nitrogens with one attached hydrogen (secondary N) is 1. The molecule has 0 aromatic heterocycles. The first-order chi connectivity index (χ1) is 9.83. The number of hydrogen-bond donors (Lipinski definition) is 2. The molecule has 0 amide bonds. The number of rotatable bonds is 4. The number of benzene rings is 2. The first-order valence-corrected chi connectivity index (χ1v) is 8.67. The van der Waals surface area contributed by atoms with Gasteiger partial charge in [0.25, 0.3) is 10.0 Å². The number of sulfonamides is 1. The molecule has 0 aliphatic heterocycles. The Morgan fingerprint density at radius 2 is 1.95 bits per heavy atom. The van der Waals surface area contributed by atoms with Gasteiger partial charge in [-0.2, -0.15) is 0 Å². The lowest BCUT2D eigenvalue weighted by molar-refractivity contribution is 0.281. The van der Waals surface area contributed by atoms with Crippen LogP contribution in [0.2, 0.25) is 5.02 Å². The van der Waals surface area contributed by atoms with Crippen molar-refractivity contribution in [3.8, 4) is 0 Å². The van der Waals surface area contributed by atoms with Crippen LogP contribution in [0.5, 0.6) is 0 Å². The van der Waals surface area contributed by atoms with Gasteiger partial charge in [0, 0.05) is 10.2 Å². The Morgan fingerprint density at radius 3 is 2.57 bits per heavy atom. The van der Waals surface area contributed by atoms with E-state index in [0.717, 1.165) is 10.0 Å². The maximum absolute atomic E-state index is 12.4. The maximum Gasteiger partial charge on any atom is 0.263 e. The molecule has 4 nitrogen and oxygen atoms in total. The molecule has 21 heavy (non-hydrogen) atoms. The lowest BCUT2D eigenvalue weighted by Crippen LogP contribution is -2.14. The SMILES string of the molecule is Cc1cc(NS(=O)(=O)c2cc(CO)ccc2Cl)ccc1Br. The summed E-state index contributed by atoms with van der Waals surface area (Å²) >= 11 is 9.31. The fraction of sp³-hybridized carbons (Fsp3) is 0.143. The monoisotopic (exact) mass is 389 g/mol. The fourth-order valence-electron chi connectivity index (χ4n) is 1.77. The number of aryl methyl sites for hydroxylation is 1. The number of halogens is 2. The normalized spacial score (nSPS) is 11.4. The van der Waals surface area contributed by atoms with Crippen LogP contribution in [0, 0.1) is 6.92 Å². The second-order valence-electron chi connectivity index (χ2n) is 4.49. The highest BCUT2D eigenvalue weighted by atomic mass is 79.9. The summed E-state index contributed by atoms with van der Waals surface area (Å²) in [5.74, 6) is 0. The van der Waals surface area contributed by atoms with Crippen LogP contribution < -0.4 is 4.72 Å². The zero-order valence-corrected chi connectivity index (χ0v) is 14.3. The van der Waals surface area contributed by atoms with Crippen LogP contribution >= 0.6 is 27.5 Å². The summed E-state index contributed by atoms with van der Waals surface area (Å²) in [6, 6.07) is 9.51. The first kappa shape index (κ1) is 16.3. The molecule has 0 radical (unpaired) electrons. The van der Waals surface area contributed by atoms with Crippen molar-refractivity contribution in [3.63, 3.8) is 0 Å². The summed E-state index contributed by atoms with van der Waals surface area (Å²) in [5.41, 5.74) is 1.83. The van der Waals surface area contributed by atoms with Gasteiger partial charge in [-0.1, -0.05) is 33.6 Å². The molecule has 0 aliphatic rings. The molecule has 0 fully saturated rings. The standard InChI is InChI=1S/C14H13BrClNO3S/c1-9-6-11(3-4-12(9)15)17-21(19,20)14-7-10(8-18)2-5-13(14)16/h2-7,17-18H,8H2,1H3. The molecule has 2 aromatic carbocycles. The second kappa shape index (κ2) is 6.36. The van der Waals surface area contributed by atoms with E-state index >= 15 is 0 Å². The molecule has 0 spiro atoms. The van der Waals surface area contributed by atoms with E-state index in [1.54, 1.807) is 24.3 Å². The molecule has 0 heterocycles. The van der Waals surface area contributed by atoms with Crippen molar-refractivity contribution in [1.29, 1.82) is 0 Å². The largest absolute Gasteiger partial charge is 0.392 e. The van der Waals surface area contributed by atoms with Crippen molar-refractivity contribution in [2.75, 3.05) is 4.72 Å². The van der Waals surface area contributed by atoms with Gasteiger partial charge in [-0.3, -0.25) is 4.72 Å². The van der Waals surface area contributed by atoms with Crippen LogP contribution in [-0.2, 0) is 16.6 Å². The van der Waals surface area contributed by atoms with E-state index in [2.05, 4.69) is 20.7 Å².